The number of carbonyl (C=O) groups is 1. The molecule has 0 heterocycles. The third-order valence-electron chi connectivity index (χ3n) is 2.79. The van der Waals surface area contributed by atoms with E-state index < -0.39 is 0 Å². The van der Waals surface area contributed by atoms with Gasteiger partial charge in [-0.15, -0.1) is 0 Å². The first-order chi connectivity index (χ1) is 8.24. The molecule has 0 fully saturated rings. The summed E-state index contributed by atoms with van der Waals surface area (Å²) in [5.41, 5.74) is 3.95. The third kappa shape index (κ3) is 2.56. The fourth-order valence-corrected chi connectivity index (χ4v) is 1.95. The van der Waals surface area contributed by atoms with E-state index in [1.165, 1.54) is 5.56 Å². The Bertz CT molecular complexity index is 546. The molecular formula is C15H13ClO. The Hall–Kier alpha value is -1.60. The summed E-state index contributed by atoms with van der Waals surface area (Å²) in [6.45, 7) is 2.12. The van der Waals surface area contributed by atoms with Crippen LogP contribution in [0.15, 0.2) is 42.5 Å². The molecule has 0 amide bonds. The lowest BCUT2D eigenvalue weighted by Gasteiger charge is -2.05. The van der Waals surface area contributed by atoms with Crippen LogP contribution in [0.25, 0.3) is 11.1 Å². The van der Waals surface area contributed by atoms with E-state index in [0.29, 0.717) is 10.6 Å². The van der Waals surface area contributed by atoms with Crippen LogP contribution in [0.3, 0.4) is 0 Å². The van der Waals surface area contributed by atoms with Crippen LogP contribution in [0.5, 0.6) is 0 Å². The minimum Gasteiger partial charge on any atom is -0.298 e. The van der Waals surface area contributed by atoms with Gasteiger partial charge in [-0.05, 0) is 35.2 Å². The van der Waals surface area contributed by atoms with Crippen molar-refractivity contribution in [2.24, 2.45) is 0 Å². The number of hydrogen-bond donors (Lipinski definition) is 0. The van der Waals surface area contributed by atoms with E-state index >= 15 is 0 Å². The van der Waals surface area contributed by atoms with Gasteiger partial charge in [0.15, 0.2) is 6.29 Å². The van der Waals surface area contributed by atoms with Gasteiger partial charge in [0.2, 0.25) is 0 Å². The van der Waals surface area contributed by atoms with Crippen LogP contribution in [-0.2, 0) is 6.42 Å². The molecule has 0 unspecified atom stereocenters. The van der Waals surface area contributed by atoms with Crippen LogP contribution in [0.4, 0.5) is 0 Å². The summed E-state index contributed by atoms with van der Waals surface area (Å²) in [4.78, 5) is 10.8. The van der Waals surface area contributed by atoms with Crippen molar-refractivity contribution in [3.05, 3.63) is 58.6 Å². The van der Waals surface area contributed by atoms with Crippen molar-refractivity contribution in [3.8, 4) is 11.1 Å². The molecule has 0 spiro atoms. The first-order valence-corrected chi connectivity index (χ1v) is 5.96. The molecule has 17 heavy (non-hydrogen) atoms. The van der Waals surface area contributed by atoms with Crippen molar-refractivity contribution < 1.29 is 4.79 Å². The van der Waals surface area contributed by atoms with Crippen molar-refractivity contribution in [2.45, 2.75) is 13.3 Å². The van der Waals surface area contributed by atoms with Crippen LogP contribution in [-0.4, -0.2) is 6.29 Å². The monoisotopic (exact) mass is 244 g/mol. The van der Waals surface area contributed by atoms with Gasteiger partial charge in [-0.25, -0.2) is 0 Å². The number of aldehydes is 1. The van der Waals surface area contributed by atoms with Gasteiger partial charge in [-0.2, -0.15) is 0 Å². The highest BCUT2D eigenvalue weighted by Crippen LogP contribution is 2.25. The molecule has 2 rings (SSSR count). The average Bonchev–Trinajstić information content (AvgIpc) is 2.39. The molecule has 2 heteroatoms. The second-order valence-corrected chi connectivity index (χ2v) is 4.32. The first kappa shape index (κ1) is 11.9. The standard InChI is InChI=1S/C15H13ClO/c1-2-11-4-3-5-12(8-11)13-6-7-15(16)14(9-13)10-17/h3-10H,2H2,1H3. The molecule has 0 atom stereocenters. The maximum atomic E-state index is 10.8. The highest BCUT2D eigenvalue weighted by Gasteiger charge is 2.03. The number of aryl methyl sites for hydroxylation is 1. The van der Waals surface area contributed by atoms with E-state index in [4.69, 9.17) is 11.6 Å². The summed E-state index contributed by atoms with van der Waals surface area (Å²) >= 11 is 5.91. The third-order valence-corrected chi connectivity index (χ3v) is 3.14. The van der Waals surface area contributed by atoms with Crippen LogP contribution in [0.2, 0.25) is 5.02 Å². The van der Waals surface area contributed by atoms with Crippen LogP contribution >= 0.6 is 11.6 Å². The van der Waals surface area contributed by atoms with Crippen LogP contribution in [0, 0.1) is 0 Å². The summed E-state index contributed by atoms with van der Waals surface area (Å²) in [6.07, 6.45) is 1.79. The van der Waals surface area contributed by atoms with E-state index in [-0.39, 0.29) is 0 Å². The van der Waals surface area contributed by atoms with Crippen molar-refractivity contribution in [2.75, 3.05) is 0 Å². The maximum Gasteiger partial charge on any atom is 0.151 e. The van der Waals surface area contributed by atoms with Crippen molar-refractivity contribution in [3.63, 3.8) is 0 Å². The van der Waals surface area contributed by atoms with Gasteiger partial charge >= 0.3 is 0 Å². The predicted octanol–water partition coefficient (Wildman–Crippen LogP) is 4.38. The smallest absolute Gasteiger partial charge is 0.151 e. The zero-order chi connectivity index (χ0) is 12.3. The Kier molecular flexibility index (Phi) is 3.60. The van der Waals surface area contributed by atoms with Crippen molar-refractivity contribution >= 4 is 17.9 Å². The normalized spacial score (nSPS) is 10.2. The number of benzene rings is 2. The number of rotatable bonds is 3. The van der Waals surface area contributed by atoms with E-state index in [0.717, 1.165) is 23.8 Å². The van der Waals surface area contributed by atoms with Gasteiger partial charge in [0.05, 0.1) is 5.02 Å². The average molecular weight is 245 g/mol. The first-order valence-electron chi connectivity index (χ1n) is 5.58. The zero-order valence-corrected chi connectivity index (χ0v) is 10.4. The maximum absolute atomic E-state index is 10.8. The molecule has 0 N–H and O–H groups in total. The Morgan fingerprint density at radius 1 is 1.12 bits per heavy atom. The predicted molar refractivity (Wildman–Crippen MR) is 71.7 cm³/mol. The highest BCUT2D eigenvalue weighted by molar-refractivity contribution is 6.33. The van der Waals surface area contributed by atoms with Crippen LogP contribution in [0.1, 0.15) is 22.8 Å². The SMILES string of the molecule is CCc1cccc(-c2ccc(Cl)c(C=O)c2)c1. The number of carbonyl (C=O) groups excluding carboxylic acids is 1. The minimum absolute atomic E-state index is 0.496. The topological polar surface area (TPSA) is 17.1 Å². The Morgan fingerprint density at radius 3 is 2.59 bits per heavy atom. The highest BCUT2D eigenvalue weighted by atomic mass is 35.5. The molecule has 2 aromatic rings. The fourth-order valence-electron chi connectivity index (χ4n) is 1.78. The molecule has 0 aliphatic carbocycles. The molecular weight excluding hydrogens is 232 g/mol. The summed E-state index contributed by atoms with van der Waals surface area (Å²) in [5.74, 6) is 0. The fraction of sp³-hybridized carbons (Fsp3) is 0.133. The lowest BCUT2D eigenvalue weighted by atomic mass is 10.0. The molecule has 0 saturated heterocycles. The van der Waals surface area contributed by atoms with Gasteiger partial charge in [0.25, 0.3) is 0 Å². The molecule has 0 aliphatic rings. The van der Waals surface area contributed by atoms with Gasteiger partial charge in [-0.1, -0.05) is 48.9 Å². The molecule has 0 aliphatic heterocycles. The molecule has 0 bridgehead atoms. The summed E-state index contributed by atoms with van der Waals surface area (Å²) < 4.78 is 0. The summed E-state index contributed by atoms with van der Waals surface area (Å²) in [7, 11) is 0. The summed E-state index contributed by atoms with van der Waals surface area (Å²) in [6, 6.07) is 13.8. The van der Waals surface area contributed by atoms with Crippen molar-refractivity contribution in [1.82, 2.24) is 0 Å². The lowest BCUT2D eigenvalue weighted by molar-refractivity contribution is 0.112. The van der Waals surface area contributed by atoms with Gasteiger partial charge in [0, 0.05) is 5.56 Å². The van der Waals surface area contributed by atoms with E-state index in [9.17, 15) is 4.79 Å². The Morgan fingerprint density at radius 2 is 1.88 bits per heavy atom. The van der Waals surface area contributed by atoms with Gasteiger partial charge < -0.3 is 0 Å². The molecule has 86 valence electrons. The molecule has 0 aromatic heterocycles. The van der Waals surface area contributed by atoms with E-state index in [1.54, 1.807) is 6.07 Å². The quantitative estimate of drug-likeness (QED) is 0.733. The summed E-state index contributed by atoms with van der Waals surface area (Å²) in [5, 5.41) is 0.496. The van der Waals surface area contributed by atoms with E-state index in [1.807, 2.05) is 24.3 Å². The Balaban J connectivity index is 2.48. The molecule has 1 nitrogen and oxygen atoms in total. The molecule has 0 radical (unpaired) electrons. The number of halogens is 1. The second-order valence-electron chi connectivity index (χ2n) is 3.91. The molecule has 0 saturated carbocycles. The van der Waals surface area contributed by atoms with E-state index in [2.05, 4.69) is 19.1 Å². The van der Waals surface area contributed by atoms with Crippen LogP contribution < -0.4 is 0 Å². The second kappa shape index (κ2) is 5.15. The molecule has 2 aromatic carbocycles. The zero-order valence-electron chi connectivity index (χ0n) is 9.61. The van der Waals surface area contributed by atoms with Gasteiger partial charge in [-0.3, -0.25) is 4.79 Å². The van der Waals surface area contributed by atoms with Crippen molar-refractivity contribution in [1.29, 1.82) is 0 Å². The Labute approximate surface area is 106 Å². The minimum atomic E-state index is 0.496. The largest absolute Gasteiger partial charge is 0.298 e. The van der Waals surface area contributed by atoms with Gasteiger partial charge in [0.1, 0.15) is 0 Å². The lowest BCUT2D eigenvalue weighted by Crippen LogP contribution is -1.86. The number of hydrogen-bond acceptors (Lipinski definition) is 1.